The van der Waals surface area contributed by atoms with Crippen molar-refractivity contribution in [3.63, 3.8) is 0 Å². The van der Waals surface area contributed by atoms with Gasteiger partial charge in [-0.15, -0.1) is 0 Å². The zero-order valence-electron chi connectivity index (χ0n) is 19.6. The van der Waals surface area contributed by atoms with Gasteiger partial charge < -0.3 is 19.0 Å². The van der Waals surface area contributed by atoms with Crippen molar-refractivity contribution in [3.8, 4) is 5.75 Å². The molecular formula is C23H23F6N5O2. The molecule has 1 aromatic heterocycles. The molecule has 3 rings (SSSR count). The molecule has 0 amide bonds. The lowest BCUT2D eigenvalue weighted by Crippen LogP contribution is -2.23. The van der Waals surface area contributed by atoms with Crippen molar-refractivity contribution in [2.75, 3.05) is 27.3 Å². The Labute approximate surface area is 202 Å². The van der Waals surface area contributed by atoms with Gasteiger partial charge in [0.2, 0.25) is 5.82 Å². The van der Waals surface area contributed by atoms with E-state index in [4.69, 9.17) is 9.57 Å². The molecule has 0 aliphatic rings. The molecule has 0 saturated heterocycles. The normalized spacial score (nSPS) is 13.0. The molecule has 0 fully saturated rings. The van der Waals surface area contributed by atoms with Crippen LogP contribution in [0.25, 0.3) is 11.0 Å². The number of fused-ring (bicyclic) bond motifs is 1. The van der Waals surface area contributed by atoms with Gasteiger partial charge in [0.15, 0.2) is 0 Å². The number of hydrogen-bond acceptors (Lipinski definition) is 5. The topological polar surface area (TPSA) is 64.2 Å². The monoisotopic (exact) mass is 515 g/mol. The molecule has 0 aliphatic heterocycles. The van der Waals surface area contributed by atoms with Gasteiger partial charge in [-0.2, -0.15) is 26.3 Å². The fourth-order valence-corrected chi connectivity index (χ4v) is 3.16. The Morgan fingerprint density at radius 1 is 1.08 bits per heavy atom. The van der Waals surface area contributed by atoms with E-state index >= 15 is 0 Å². The summed E-state index contributed by atoms with van der Waals surface area (Å²) in [6.45, 7) is 1.73. The minimum Gasteiger partial charge on any atom is -0.487 e. The maximum atomic E-state index is 13.8. The highest BCUT2D eigenvalue weighted by Gasteiger charge is 2.38. The number of nitrogens with zero attached hydrogens (tertiary/aromatic N) is 5. The van der Waals surface area contributed by atoms with E-state index in [9.17, 15) is 26.3 Å². The zero-order valence-corrected chi connectivity index (χ0v) is 19.6. The Morgan fingerprint density at radius 2 is 1.83 bits per heavy atom. The van der Waals surface area contributed by atoms with Crippen LogP contribution in [0.5, 0.6) is 5.75 Å². The molecule has 0 atom stereocenters. The second kappa shape index (κ2) is 10.9. The number of alkyl halides is 6. The van der Waals surface area contributed by atoms with Crippen LogP contribution in [0.15, 0.2) is 52.6 Å². The predicted octanol–water partition coefficient (Wildman–Crippen LogP) is 5.77. The van der Waals surface area contributed by atoms with Crippen molar-refractivity contribution in [3.05, 3.63) is 53.9 Å². The number of rotatable bonds is 9. The first-order chi connectivity index (χ1) is 16.9. The molecule has 0 saturated carbocycles. The van der Waals surface area contributed by atoms with Crippen LogP contribution in [-0.2, 0) is 23.7 Å². The quantitative estimate of drug-likeness (QED) is 0.157. The van der Waals surface area contributed by atoms with Crippen molar-refractivity contribution < 1.29 is 35.9 Å². The van der Waals surface area contributed by atoms with E-state index in [1.165, 1.54) is 25.3 Å². The fourth-order valence-electron chi connectivity index (χ4n) is 3.16. The van der Waals surface area contributed by atoms with Gasteiger partial charge in [0.25, 0.3) is 0 Å². The van der Waals surface area contributed by atoms with Crippen molar-refractivity contribution in [2.24, 2.45) is 10.1 Å². The first-order valence-corrected chi connectivity index (χ1v) is 10.6. The summed E-state index contributed by atoms with van der Waals surface area (Å²) in [5.41, 5.74) is -0.311. The Bertz CT molecular complexity index is 1250. The number of halogens is 6. The maximum absolute atomic E-state index is 13.8. The van der Waals surface area contributed by atoms with Gasteiger partial charge in [0, 0.05) is 13.6 Å². The zero-order chi connectivity index (χ0) is 26.5. The Morgan fingerprint density at radius 3 is 2.47 bits per heavy atom. The molecule has 0 aliphatic carbocycles. The molecule has 194 valence electrons. The number of hydrogen-bond donors (Lipinski definition) is 0. The second-order valence-corrected chi connectivity index (χ2v) is 7.66. The summed E-state index contributed by atoms with van der Waals surface area (Å²) in [6.07, 6.45) is -7.81. The summed E-state index contributed by atoms with van der Waals surface area (Å²) < 4.78 is 86.6. The summed E-state index contributed by atoms with van der Waals surface area (Å²) in [7, 11) is 2.99. The molecule has 13 heteroatoms. The van der Waals surface area contributed by atoms with E-state index in [1.54, 1.807) is 24.4 Å². The average Bonchev–Trinajstić information content (AvgIpc) is 3.19. The summed E-state index contributed by atoms with van der Waals surface area (Å²) in [5.74, 6) is -1.30. The highest BCUT2D eigenvalue weighted by Crippen LogP contribution is 2.33. The Hall–Kier alpha value is -3.77. The lowest BCUT2D eigenvalue weighted by Gasteiger charge is -2.14. The molecule has 7 nitrogen and oxygen atoms in total. The van der Waals surface area contributed by atoms with Crippen LogP contribution in [0.1, 0.15) is 18.3 Å². The standard InChI is InChI=1S/C23H23F6N5O2/c1-4-33(2)14-30-16-8-9-19-20(11-16)34(21(31-19)23(27,28)29)12-17(32-35-3)13-36-18-7-5-6-15(10-18)22(24,25)26/h5-11,14H,4,12-13H2,1-3H3/b30-14+,32-17-. The van der Waals surface area contributed by atoms with Crippen LogP contribution in [-0.4, -0.2) is 53.8 Å². The van der Waals surface area contributed by atoms with Crippen molar-refractivity contribution in [1.82, 2.24) is 14.5 Å². The van der Waals surface area contributed by atoms with Crippen LogP contribution in [0.3, 0.4) is 0 Å². The van der Waals surface area contributed by atoms with Gasteiger partial charge in [0.1, 0.15) is 25.2 Å². The van der Waals surface area contributed by atoms with E-state index < -0.39 is 36.9 Å². The van der Waals surface area contributed by atoms with Crippen LogP contribution in [0.4, 0.5) is 32.0 Å². The van der Waals surface area contributed by atoms with Gasteiger partial charge in [0.05, 0.1) is 35.2 Å². The highest BCUT2D eigenvalue weighted by molar-refractivity contribution is 5.88. The number of aromatic nitrogens is 2. The number of aliphatic imine (C=N–C) groups is 1. The lowest BCUT2D eigenvalue weighted by molar-refractivity contribution is -0.146. The third-order valence-electron chi connectivity index (χ3n) is 5.02. The smallest absolute Gasteiger partial charge is 0.449 e. The summed E-state index contributed by atoms with van der Waals surface area (Å²) in [6, 6.07) is 8.54. The van der Waals surface area contributed by atoms with Gasteiger partial charge >= 0.3 is 12.4 Å². The summed E-state index contributed by atoms with van der Waals surface area (Å²) in [4.78, 5) is 14.5. The molecule has 0 bridgehead atoms. The maximum Gasteiger partial charge on any atom is 0.449 e. The Balaban J connectivity index is 1.94. The molecule has 0 N–H and O–H groups in total. The lowest BCUT2D eigenvalue weighted by atomic mass is 10.2. The first kappa shape index (κ1) is 26.8. The third-order valence-corrected chi connectivity index (χ3v) is 5.02. The van der Waals surface area contributed by atoms with E-state index in [0.29, 0.717) is 12.2 Å². The van der Waals surface area contributed by atoms with Crippen molar-refractivity contribution in [2.45, 2.75) is 25.8 Å². The summed E-state index contributed by atoms with van der Waals surface area (Å²) in [5, 5.41) is 3.73. The first-order valence-electron chi connectivity index (χ1n) is 10.6. The van der Waals surface area contributed by atoms with Gasteiger partial charge in [-0.05, 0) is 43.3 Å². The second-order valence-electron chi connectivity index (χ2n) is 7.66. The van der Waals surface area contributed by atoms with Crippen LogP contribution in [0.2, 0.25) is 0 Å². The molecule has 0 radical (unpaired) electrons. The van der Waals surface area contributed by atoms with Crippen LogP contribution in [0, 0.1) is 0 Å². The number of oxime groups is 1. The predicted molar refractivity (Wildman–Crippen MR) is 123 cm³/mol. The van der Waals surface area contributed by atoms with E-state index in [0.717, 1.165) is 22.8 Å². The van der Waals surface area contributed by atoms with Gasteiger partial charge in [-0.25, -0.2) is 9.98 Å². The number of imidazole rings is 1. The highest BCUT2D eigenvalue weighted by atomic mass is 19.4. The third kappa shape index (κ3) is 6.67. The number of benzene rings is 2. The van der Waals surface area contributed by atoms with Gasteiger partial charge in [-0.3, -0.25) is 0 Å². The van der Waals surface area contributed by atoms with E-state index in [-0.39, 0.29) is 22.5 Å². The van der Waals surface area contributed by atoms with Crippen molar-refractivity contribution in [1.29, 1.82) is 0 Å². The largest absolute Gasteiger partial charge is 0.487 e. The molecule has 0 unspecified atom stereocenters. The minimum absolute atomic E-state index is 0.0145. The minimum atomic E-state index is -4.79. The average molecular weight is 515 g/mol. The SMILES string of the molecule is CCN(C)/C=N/c1ccc2nc(C(F)(F)F)n(C/C(COc3cccc(C(F)(F)F)c3)=N/OC)c2c1. The van der Waals surface area contributed by atoms with Crippen LogP contribution < -0.4 is 4.74 Å². The molecule has 1 heterocycles. The van der Waals surface area contributed by atoms with E-state index in [2.05, 4.69) is 15.1 Å². The molecule has 36 heavy (non-hydrogen) atoms. The number of ether oxygens (including phenoxy) is 1. The van der Waals surface area contributed by atoms with E-state index in [1.807, 2.05) is 6.92 Å². The molecule has 3 aromatic rings. The van der Waals surface area contributed by atoms with Crippen molar-refractivity contribution >= 4 is 28.8 Å². The molecule has 2 aromatic carbocycles. The fraction of sp³-hybridized carbons (Fsp3) is 0.348. The summed E-state index contributed by atoms with van der Waals surface area (Å²) >= 11 is 0. The molecule has 0 spiro atoms. The molecular weight excluding hydrogens is 492 g/mol. The Kier molecular flexibility index (Phi) is 8.10. The van der Waals surface area contributed by atoms with Gasteiger partial charge in [-0.1, -0.05) is 11.2 Å². The van der Waals surface area contributed by atoms with Crippen LogP contribution >= 0.6 is 0 Å².